The Morgan fingerprint density at radius 3 is 3.06 bits per heavy atom. The first-order chi connectivity index (χ1) is 7.66. The molecule has 0 unspecified atom stereocenters. The predicted molar refractivity (Wildman–Crippen MR) is 60.6 cm³/mol. The zero-order chi connectivity index (χ0) is 11.5. The van der Waals surface area contributed by atoms with Crippen LogP contribution in [-0.4, -0.2) is 41.7 Å². The molecule has 0 amide bonds. The van der Waals surface area contributed by atoms with Crippen molar-refractivity contribution in [1.82, 2.24) is 10.3 Å². The van der Waals surface area contributed by atoms with Crippen LogP contribution in [0.4, 0.5) is 5.82 Å². The monoisotopic (exact) mass is 221 g/mol. The van der Waals surface area contributed by atoms with Crippen LogP contribution >= 0.6 is 0 Å². The second-order valence-electron chi connectivity index (χ2n) is 3.98. The summed E-state index contributed by atoms with van der Waals surface area (Å²) in [7, 11) is 0. The number of aromatic nitrogens is 1. The maximum absolute atomic E-state index is 10.9. The van der Waals surface area contributed by atoms with Crippen LogP contribution in [0.2, 0.25) is 0 Å². The van der Waals surface area contributed by atoms with E-state index in [1.807, 2.05) is 24.0 Å². The number of pyridine rings is 1. The fraction of sp³-hybridized carbons (Fsp3) is 0.455. The van der Waals surface area contributed by atoms with E-state index in [9.17, 15) is 4.79 Å². The number of nitrogens with one attached hydrogen (secondary N) is 1. The maximum atomic E-state index is 10.9. The molecular formula is C11H15N3O2. The zero-order valence-corrected chi connectivity index (χ0v) is 9.18. The van der Waals surface area contributed by atoms with Crippen molar-refractivity contribution in [3.05, 3.63) is 23.9 Å². The number of hydrogen-bond donors (Lipinski definition) is 2. The molecule has 1 fully saturated rings. The Kier molecular flexibility index (Phi) is 3.05. The summed E-state index contributed by atoms with van der Waals surface area (Å²) >= 11 is 0. The van der Waals surface area contributed by atoms with Crippen LogP contribution in [0, 0.1) is 6.92 Å². The zero-order valence-electron chi connectivity index (χ0n) is 9.18. The highest BCUT2D eigenvalue weighted by molar-refractivity contribution is 5.74. The standard InChI is InChI=1S/C11H15N3O2/c1-8-2-3-10(13-6-8)14-5-4-12-9(7-14)11(15)16/h2-3,6,9,12H,4-5,7H2,1H3,(H,15,16)/t9-/m1/s1. The number of carboxylic acids is 1. The van der Waals surface area contributed by atoms with Gasteiger partial charge in [0, 0.05) is 25.8 Å². The lowest BCUT2D eigenvalue weighted by atomic mass is 10.2. The molecule has 1 aliphatic heterocycles. The van der Waals surface area contributed by atoms with E-state index < -0.39 is 12.0 Å². The van der Waals surface area contributed by atoms with Crippen LogP contribution < -0.4 is 10.2 Å². The average molecular weight is 221 g/mol. The Morgan fingerprint density at radius 2 is 2.44 bits per heavy atom. The quantitative estimate of drug-likeness (QED) is 0.749. The predicted octanol–water partition coefficient (Wildman–Crippen LogP) is 0.253. The fourth-order valence-corrected chi connectivity index (χ4v) is 1.77. The van der Waals surface area contributed by atoms with Crippen LogP contribution in [0.15, 0.2) is 18.3 Å². The fourth-order valence-electron chi connectivity index (χ4n) is 1.77. The molecule has 2 rings (SSSR count). The maximum Gasteiger partial charge on any atom is 0.322 e. The van der Waals surface area contributed by atoms with Gasteiger partial charge in [-0.05, 0) is 18.6 Å². The number of piperazine rings is 1. The topological polar surface area (TPSA) is 65.5 Å². The third-order valence-corrected chi connectivity index (χ3v) is 2.69. The van der Waals surface area contributed by atoms with Crippen molar-refractivity contribution in [2.24, 2.45) is 0 Å². The van der Waals surface area contributed by atoms with Crippen molar-refractivity contribution in [3.63, 3.8) is 0 Å². The van der Waals surface area contributed by atoms with E-state index in [0.717, 1.165) is 17.9 Å². The second-order valence-corrected chi connectivity index (χ2v) is 3.98. The van der Waals surface area contributed by atoms with E-state index >= 15 is 0 Å². The van der Waals surface area contributed by atoms with Gasteiger partial charge in [0.25, 0.3) is 0 Å². The van der Waals surface area contributed by atoms with E-state index in [4.69, 9.17) is 5.11 Å². The number of aryl methyl sites for hydroxylation is 1. The lowest BCUT2D eigenvalue weighted by Crippen LogP contribution is -2.54. The molecule has 2 heterocycles. The molecule has 0 aliphatic carbocycles. The number of carbonyl (C=O) groups is 1. The molecule has 2 N–H and O–H groups in total. The van der Waals surface area contributed by atoms with Crippen LogP contribution in [0.3, 0.4) is 0 Å². The van der Waals surface area contributed by atoms with Crippen LogP contribution in [-0.2, 0) is 4.79 Å². The van der Waals surface area contributed by atoms with Gasteiger partial charge >= 0.3 is 5.97 Å². The summed E-state index contributed by atoms with van der Waals surface area (Å²) in [6.07, 6.45) is 1.80. The normalized spacial score (nSPS) is 20.8. The van der Waals surface area contributed by atoms with E-state index in [0.29, 0.717) is 13.1 Å². The molecule has 0 saturated carbocycles. The number of anilines is 1. The summed E-state index contributed by atoms with van der Waals surface area (Å²) in [4.78, 5) is 17.2. The minimum absolute atomic E-state index is 0.464. The minimum Gasteiger partial charge on any atom is -0.480 e. The Morgan fingerprint density at radius 1 is 1.62 bits per heavy atom. The van der Waals surface area contributed by atoms with Gasteiger partial charge in [-0.2, -0.15) is 0 Å². The molecular weight excluding hydrogens is 206 g/mol. The first-order valence-corrected chi connectivity index (χ1v) is 5.30. The van der Waals surface area contributed by atoms with Crippen molar-refractivity contribution in [3.8, 4) is 0 Å². The van der Waals surface area contributed by atoms with Gasteiger partial charge < -0.3 is 15.3 Å². The van der Waals surface area contributed by atoms with Gasteiger partial charge in [-0.15, -0.1) is 0 Å². The second kappa shape index (κ2) is 4.49. The Bertz CT molecular complexity index is 377. The molecule has 86 valence electrons. The van der Waals surface area contributed by atoms with Gasteiger partial charge in [0.2, 0.25) is 0 Å². The summed E-state index contributed by atoms with van der Waals surface area (Å²) < 4.78 is 0. The van der Waals surface area contributed by atoms with Crippen molar-refractivity contribution in [2.45, 2.75) is 13.0 Å². The summed E-state index contributed by atoms with van der Waals surface area (Å²) in [6.45, 7) is 3.91. The lowest BCUT2D eigenvalue weighted by Gasteiger charge is -2.32. The molecule has 1 atom stereocenters. The van der Waals surface area contributed by atoms with Crippen molar-refractivity contribution < 1.29 is 9.90 Å². The highest BCUT2D eigenvalue weighted by atomic mass is 16.4. The Hall–Kier alpha value is -1.62. The van der Waals surface area contributed by atoms with E-state index in [1.54, 1.807) is 6.20 Å². The van der Waals surface area contributed by atoms with Gasteiger partial charge in [0.15, 0.2) is 0 Å². The van der Waals surface area contributed by atoms with Gasteiger partial charge in [-0.25, -0.2) is 4.98 Å². The van der Waals surface area contributed by atoms with E-state index in [2.05, 4.69) is 10.3 Å². The van der Waals surface area contributed by atoms with E-state index in [-0.39, 0.29) is 0 Å². The smallest absolute Gasteiger partial charge is 0.322 e. The van der Waals surface area contributed by atoms with Gasteiger partial charge in [-0.1, -0.05) is 6.07 Å². The van der Waals surface area contributed by atoms with Gasteiger partial charge in [0.1, 0.15) is 11.9 Å². The summed E-state index contributed by atoms with van der Waals surface area (Å²) in [5, 5.41) is 11.9. The number of carboxylic acid groups (broad SMARTS) is 1. The van der Waals surface area contributed by atoms with Gasteiger partial charge in [-0.3, -0.25) is 4.79 Å². The number of hydrogen-bond acceptors (Lipinski definition) is 4. The molecule has 1 aromatic rings. The number of rotatable bonds is 2. The van der Waals surface area contributed by atoms with E-state index in [1.165, 1.54) is 0 Å². The molecule has 0 radical (unpaired) electrons. The lowest BCUT2D eigenvalue weighted by molar-refractivity contribution is -0.139. The van der Waals surface area contributed by atoms with Crippen molar-refractivity contribution >= 4 is 11.8 Å². The molecule has 1 aliphatic rings. The number of nitrogens with zero attached hydrogens (tertiary/aromatic N) is 2. The molecule has 16 heavy (non-hydrogen) atoms. The average Bonchev–Trinajstić information content (AvgIpc) is 2.30. The third-order valence-electron chi connectivity index (χ3n) is 2.69. The summed E-state index contributed by atoms with van der Waals surface area (Å²) in [5.41, 5.74) is 1.11. The highest BCUT2D eigenvalue weighted by Gasteiger charge is 2.25. The molecule has 0 aromatic carbocycles. The molecule has 1 saturated heterocycles. The highest BCUT2D eigenvalue weighted by Crippen LogP contribution is 2.13. The summed E-state index contributed by atoms with van der Waals surface area (Å²) in [5.74, 6) is 0.0372. The molecule has 0 spiro atoms. The third kappa shape index (κ3) is 2.30. The first kappa shape index (κ1) is 10.9. The Balaban J connectivity index is 2.09. The van der Waals surface area contributed by atoms with Crippen LogP contribution in [0.25, 0.3) is 0 Å². The molecule has 5 heteroatoms. The molecule has 5 nitrogen and oxygen atoms in total. The van der Waals surface area contributed by atoms with Crippen molar-refractivity contribution in [2.75, 3.05) is 24.5 Å². The number of aliphatic carboxylic acids is 1. The minimum atomic E-state index is -0.809. The first-order valence-electron chi connectivity index (χ1n) is 5.30. The molecule has 1 aromatic heterocycles. The van der Waals surface area contributed by atoms with Crippen molar-refractivity contribution in [1.29, 1.82) is 0 Å². The SMILES string of the molecule is Cc1ccc(N2CCN[C@@H](C(=O)O)C2)nc1. The van der Waals surface area contributed by atoms with Crippen LogP contribution in [0.5, 0.6) is 0 Å². The summed E-state index contributed by atoms with van der Waals surface area (Å²) in [6, 6.07) is 3.41. The molecule has 0 bridgehead atoms. The van der Waals surface area contributed by atoms with Gasteiger partial charge in [0.05, 0.1) is 0 Å². The Labute approximate surface area is 94.1 Å². The van der Waals surface area contributed by atoms with Crippen LogP contribution in [0.1, 0.15) is 5.56 Å². The largest absolute Gasteiger partial charge is 0.480 e.